The van der Waals surface area contributed by atoms with Gasteiger partial charge in [0.15, 0.2) is 0 Å². The summed E-state index contributed by atoms with van der Waals surface area (Å²) in [5.74, 6) is 0.112. The zero-order valence-electron chi connectivity index (χ0n) is 10.8. The molecule has 0 saturated heterocycles. The fourth-order valence-corrected chi connectivity index (χ4v) is 1.98. The van der Waals surface area contributed by atoms with E-state index in [1.807, 2.05) is 0 Å². The SMILES string of the molecule is Cn1c(=O)[nH]c2cc(C(=O)OCc3ccco3)ccc21. The average Bonchev–Trinajstić information content (AvgIpc) is 3.05. The molecule has 2 heterocycles. The molecule has 0 bridgehead atoms. The van der Waals surface area contributed by atoms with Gasteiger partial charge in [0.25, 0.3) is 0 Å². The molecule has 0 fully saturated rings. The first-order valence-corrected chi connectivity index (χ1v) is 6.03. The molecule has 0 spiro atoms. The normalized spacial score (nSPS) is 10.8. The van der Waals surface area contributed by atoms with Crippen LogP contribution in [0, 0.1) is 0 Å². The Morgan fingerprint density at radius 2 is 2.25 bits per heavy atom. The zero-order chi connectivity index (χ0) is 14.1. The highest BCUT2D eigenvalue weighted by atomic mass is 16.5. The number of furan rings is 1. The molecular formula is C14H12N2O4. The number of carbonyl (C=O) groups excluding carboxylic acids is 1. The Morgan fingerprint density at radius 1 is 1.40 bits per heavy atom. The van der Waals surface area contributed by atoms with Gasteiger partial charge in [-0.2, -0.15) is 0 Å². The predicted octanol–water partition coefficient (Wildman–Crippen LogP) is 1.82. The first kappa shape index (κ1) is 12.3. The van der Waals surface area contributed by atoms with E-state index in [0.717, 1.165) is 5.52 Å². The number of esters is 1. The van der Waals surface area contributed by atoms with Crippen LogP contribution < -0.4 is 5.69 Å². The van der Waals surface area contributed by atoms with Gasteiger partial charge >= 0.3 is 11.7 Å². The molecule has 6 nitrogen and oxygen atoms in total. The van der Waals surface area contributed by atoms with E-state index in [2.05, 4.69) is 4.98 Å². The molecule has 0 aliphatic heterocycles. The maximum Gasteiger partial charge on any atom is 0.338 e. The summed E-state index contributed by atoms with van der Waals surface area (Å²) in [5.41, 5.74) is 1.49. The van der Waals surface area contributed by atoms with Gasteiger partial charge < -0.3 is 14.1 Å². The summed E-state index contributed by atoms with van der Waals surface area (Å²) in [6.45, 7) is 0.0786. The number of hydrogen-bond donors (Lipinski definition) is 1. The third-order valence-electron chi connectivity index (χ3n) is 3.07. The van der Waals surface area contributed by atoms with Crippen molar-refractivity contribution < 1.29 is 13.9 Å². The van der Waals surface area contributed by atoms with Crippen molar-refractivity contribution in [3.8, 4) is 0 Å². The van der Waals surface area contributed by atoms with E-state index < -0.39 is 5.97 Å². The fourth-order valence-electron chi connectivity index (χ4n) is 1.98. The van der Waals surface area contributed by atoms with Crippen molar-refractivity contribution in [1.82, 2.24) is 9.55 Å². The molecule has 0 amide bonds. The summed E-state index contributed by atoms with van der Waals surface area (Å²) < 4.78 is 11.7. The second kappa shape index (κ2) is 4.73. The largest absolute Gasteiger partial charge is 0.466 e. The van der Waals surface area contributed by atoms with Crippen LogP contribution in [-0.2, 0) is 18.4 Å². The number of benzene rings is 1. The topological polar surface area (TPSA) is 77.2 Å². The second-order valence-corrected chi connectivity index (χ2v) is 4.38. The van der Waals surface area contributed by atoms with Crippen molar-refractivity contribution in [1.29, 1.82) is 0 Å². The molecule has 0 unspecified atom stereocenters. The average molecular weight is 272 g/mol. The minimum absolute atomic E-state index is 0.0786. The molecule has 0 atom stereocenters. The Hall–Kier alpha value is -2.76. The van der Waals surface area contributed by atoms with Crippen molar-refractivity contribution >= 4 is 17.0 Å². The smallest absolute Gasteiger partial charge is 0.338 e. The maximum absolute atomic E-state index is 11.9. The number of aromatic amines is 1. The van der Waals surface area contributed by atoms with Crippen LogP contribution in [0.15, 0.2) is 45.8 Å². The molecule has 0 aliphatic carbocycles. The molecule has 0 aliphatic rings. The van der Waals surface area contributed by atoms with Crippen LogP contribution in [-0.4, -0.2) is 15.5 Å². The van der Waals surface area contributed by atoms with Gasteiger partial charge in [0.05, 0.1) is 22.9 Å². The highest BCUT2D eigenvalue weighted by Crippen LogP contribution is 2.13. The van der Waals surface area contributed by atoms with E-state index in [0.29, 0.717) is 16.8 Å². The number of aromatic nitrogens is 2. The summed E-state index contributed by atoms with van der Waals surface area (Å²) in [6.07, 6.45) is 1.52. The second-order valence-electron chi connectivity index (χ2n) is 4.38. The van der Waals surface area contributed by atoms with Crippen LogP contribution >= 0.6 is 0 Å². The Balaban J connectivity index is 1.82. The number of nitrogens with zero attached hydrogens (tertiary/aromatic N) is 1. The molecule has 6 heteroatoms. The minimum atomic E-state index is -0.465. The van der Waals surface area contributed by atoms with Gasteiger partial charge in [-0.05, 0) is 30.3 Å². The van der Waals surface area contributed by atoms with E-state index >= 15 is 0 Å². The summed E-state index contributed by atoms with van der Waals surface area (Å²) in [7, 11) is 1.66. The third kappa shape index (κ3) is 2.11. The molecule has 1 aromatic carbocycles. The lowest BCUT2D eigenvalue weighted by Crippen LogP contribution is -2.11. The van der Waals surface area contributed by atoms with Crippen molar-refractivity contribution in [2.24, 2.45) is 7.05 Å². The Morgan fingerprint density at radius 3 is 3.00 bits per heavy atom. The number of fused-ring (bicyclic) bond motifs is 1. The van der Waals surface area contributed by atoms with Crippen LogP contribution in [0.5, 0.6) is 0 Å². The summed E-state index contributed by atoms with van der Waals surface area (Å²) >= 11 is 0. The number of rotatable bonds is 3. The van der Waals surface area contributed by atoms with Crippen molar-refractivity contribution in [3.05, 3.63) is 58.4 Å². The lowest BCUT2D eigenvalue weighted by molar-refractivity contribution is 0.0445. The summed E-state index contributed by atoms with van der Waals surface area (Å²) in [5, 5.41) is 0. The lowest BCUT2D eigenvalue weighted by atomic mass is 10.2. The lowest BCUT2D eigenvalue weighted by Gasteiger charge is -2.03. The van der Waals surface area contributed by atoms with Crippen LogP contribution in [0.3, 0.4) is 0 Å². The number of imidazole rings is 1. The molecule has 0 radical (unpaired) electrons. The van der Waals surface area contributed by atoms with Gasteiger partial charge in [-0.3, -0.25) is 4.57 Å². The Labute approximate surface area is 113 Å². The number of aryl methyl sites for hydroxylation is 1. The zero-order valence-corrected chi connectivity index (χ0v) is 10.8. The standard InChI is InChI=1S/C14H12N2O4/c1-16-12-5-4-9(7-11(12)15-14(16)18)13(17)20-8-10-3-2-6-19-10/h2-7H,8H2,1H3,(H,15,18). The molecule has 20 heavy (non-hydrogen) atoms. The third-order valence-corrected chi connectivity index (χ3v) is 3.07. The van der Waals surface area contributed by atoms with Crippen molar-refractivity contribution in [3.63, 3.8) is 0 Å². The van der Waals surface area contributed by atoms with Crippen LogP contribution in [0.1, 0.15) is 16.1 Å². The van der Waals surface area contributed by atoms with Gasteiger partial charge in [0.2, 0.25) is 0 Å². The molecule has 2 aromatic heterocycles. The first-order chi connectivity index (χ1) is 9.65. The predicted molar refractivity (Wildman–Crippen MR) is 71.4 cm³/mol. The highest BCUT2D eigenvalue weighted by Gasteiger charge is 2.11. The minimum Gasteiger partial charge on any atom is -0.466 e. The maximum atomic E-state index is 11.9. The summed E-state index contributed by atoms with van der Waals surface area (Å²) in [4.78, 5) is 26.1. The molecular weight excluding hydrogens is 260 g/mol. The number of H-pyrrole nitrogens is 1. The van der Waals surface area contributed by atoms with E-state index in [9.17, 15) is 9.59 Å². The fraction of sp³-hybridized carbons (Fsp3) is 0.143. The van der Waals surface area contributed by atoms with Crippen LogP contribution in [0.2, 0.25) is 0 Å². The van der Waals surface area contributed by atoms with E-state index in [4.69, 9.17) is 9.15 Å². The Kier molecular flexibility index (Phi) is 2.90. The van der Waals surface area contributed by atoms with Crippen LogP contribution in [0.25, 0.3) is 11.0 Å². The van der Waals surface area contributed by atoms with Gasteiger partial charge in [-0.25, -0.2) is 9.59 Å². The number of carbonyl (C=O) groups is 1. The van der Waals surface area contributed by atoms with Gasteiger partial charge in [0.1, 0.15) is 12.4 Å². The van der Waals surface area contributed by atoms with E-state index in [1.54, 1.807) is 37.4 Å². The number of ether oxygens (including phenoxy) is 1. The highest BCUT2D eigenvalue weighted by molar-refractivity contribution is 5.93. The van der Waals surface area contributed by atoms with Crippen molar-refractivity contribution in [2.75, 3.05) is 0 Å². The Bertz CT molecular complexity index is 811. The van der Waals surface area contributed by atoms with E-state index in [1.165, 1.54) is 10.8 Å². The monoisotopic (exact) mass is 272 g/mol. The van der Waals surface area contributed by atoms with Gasteiger partial charge in [-0.15, -0.1) is 0 Å². The van der Waals surface area contributed by atoms with Gasteiger partial charge in [-0.1, -0.05) is 0 Å². The molecule has 102 valence electrons. The molecule has 0 saturated carbocycles. The molecule has 1 N–H and O–H groups in total. The quantitative estimate of drug-likeness (QED) is 0.738. The van der Waals surface area contributed by atoms with Crippen molar-refractivity contribution in [2.45, 2.75) is 6.61 Å². The number of nitrogens with one attached hydrogen (secondary N) is 1. The number of hydrogen-bond acceptors (Lipinski definition) is 4. The first-order valence-electron chi connectivity index (χ1n) is 6.03. The summed E-state index contributed by atoms with van der Waals surface area (Å²) in [6, 6.07) is 8.38. The van der Waals surface area contributed by atoms with E-state index in [-0.39, 0.29) is 12.3 Å². The molecule has 3 aromatic rings. The van der Waals surface area contributed by atoms with Crippen LogP contribution in [0.4, 0.5) is 0 Å². The molecule has 3 rings (SSSR count). The van der Waals surface area contributed by atoms with Gasteiger partial charge in [0, 0.05) is 7.05 Å².